The summed E-state index contributed by atoms with van der Waals surface area (Å²) in [6.45, 7) is 5.59. The first-order chi connectivity index (χ1) is 20.1. The molecule has 11 heteroatoms. The molecule has 2 rings (SSSR count). The number of alkyl halides is 3. The molecule has 0 aliphatic rings. The summed E-state index contributed by atoms with van der Waals surface area (Å²) >= 11 is 0. The number of hydrogen-bond acceptors (Lipinski definition) is 6. The van der Waals surface area contributed by atoms with Gasteiger partial charge in [-0.05, 0) is 75.5 Å². The Kier molecular flexibility index (Phi) is 24.5. The lowest BCUT2D eigenvalue weighted by molar-refractivity contribution is -0.137. The fraction of sp³-hybridized carbons (Fsp3) is 0.484. The molecule has 2 aromatic rings. The van der Waals surface area contributed by atoms with Crippen molar-refractivity contribution in [2.24, 2.45) is 5.73 Å². The molecule has 42 heavy (non-hydrogen) atoms. The fourth-order valence-corrected chi connectivity index (χ4v) is 3.35. The van der Waals surface area contributed by atoms with Crippen LogP contribution in [0.15, 0.2) is 42.5 Å². The van der Waals surface area contributed by atoms with Crippen molar-refractivity contribution in [2.45, 2.75) is 71.1 Å². The average molecular weight is 600 g/mol. The third kappa shape index (κ3) is 20.4. The first kappa shape index (κ1) is 40.7. The van der Waals surface area contributed by atoms with Crippen molar-refractivity contribution in [3.8, 4) is 18.1 Å². The number of aldehydes is 1. The molecule has 0 heterocycles. The van der Waals surface area contributed by atoms with Crippen LogP contribution in [0, 0.1) is 25.1 Å². The van der Waals surface area contributed by atoms with E-state index < -0.39 is 17.8 Å². The van der Waals surface area contributed by atoms with Crippen molar-refractivity contribution >= 4 is 12.2 Å². The Bertz CT molecular complexity index is 1020. The number of carbonyl (C=O) groups excluding carboxylic acids is 2. The molecule has 0 saturated carbocycles. The van der Waals surface area contributed by atoms with Gasteiger partial charge in [-0.1, -0.05) is 25.1 Å². The number of nitrogens with one attached hydrogen (secondary N) is 2. The van der Waals surface area contributed by atoms with Gasteiger partial charge < -0.3 is 31.0 Å². The number of aliphatic hydroxyl groups excluding tert-OH is 1. The molecule has 0 aromatic heterocycles. The van der Waals surface area contributed by atoms with Gasteiger partial charge in [0.15, 0.2) is 0 Å². The minimum Gasteiger partial charge on any atom is -0.493 e. The van der Waals surface area contributed by atoms with Gasteiger partial charge in [0.05, 0.1) is 18.2 Å². The highest BCUT2D eigenvalue weighted by Gasteiger charge is 2.30. The SMILES string of the molecule is C#CCC(C=O)NC(=O)CCCCCOc1cc(C)cc(F)c1.CCCNCc1cccc(C(F)(F)F)c1.CN.CO. The van der Waals surface area contributed by atoms with E-state index in [4.69, 9.17) is 16.3 Å². The van der Waals surface area contributed by atoms with Gasteiger partial charge in [0.2, 0.25) is 5.91 Å². The molecular formula is C31H45F4N3O4. The summed E-state index contributed by atoms with van der Waals surface area (Å²) in [5.41, 5.74) is 5.39. The highest BCUT2D eigenvalue weighted by atomic mass is 19.4. The fourth-order valence-electron chi connectivity index (χ4n) is 3.35. The molecule has 0 radical (unpaired) electrons. The summed E-state index contributed by atoms with van der Waals surface area (Å²) < 4.78 is 55.7. The van der Waals surface area contributed by atoms with Crippen molar-refractivity contribution in [3.63, 3.8) is 0 Å². The second-order valence-corrected chi connectivity index (χ2v) is 8.72. The number of carbonyl (C=O) groups is 2. The lowest BCUT2D eigenvalue weighted by Gasteiger charge is -2.10. The van der Waals surface area contributed by atoms with E-state index in [1.807, 2.05) is 6.92 Å². The van der Waals surface area contributed by atoms with E-state index in [-0.39, 0.29) is 18.1 Å². The maximum Gasteiger partial charge on any atom is 0.416 e. The van der Waals surface area contributed by atoms with Gasteiger partial charge in [0.1, 0.15) is 17.9 Å². The van der Waals surface area contributed by atoms with Crippen LogP contribution in [0.4, 0.5) is 17.6 Å². The topological polar surface area (TPSA) is 114 Å². The Morgan fingerprint density at radius 1 is 1.14 bits per heavy atom. The molecule has 1 amide bonds. The van der Waals surface area contributed by atoms with Crippen LogP contribution < -0.4 is 21.1 Å². The Morgan fingerprint density at radius 3 is 2.40 bits per heavy atom. The van der Waals surface area contributed by atoms with E-state index >= 15 is 0 Å². The van der Waals surface area contributed by atoms with Crippen LogP contribution in [-0.2, 0) is 22.3 Å². The van der Waals surface area contributed by atoms with Crippen molar-refractivity contribution in [1.82, 2.24) is 10.6 Å². The molecule has 236 valence electrons. The Morgan fingerprint density at radius 2 is 1.83 bits per heavy atom. The predicted octanol–water partition coefficient (Wildman–Crippen LogP) is 5.17. The quantitative estimate of drug-likeness (QED) is 0.103. The third-order valence-corrected chi connectivity index (χ3v) is 5.19. The van der Waals surface area contributed by atoms with Crippen LogP contribution in [0.3, 0.4) is 0 Å². The molecule has 5 N–H and O–H groups in total. The Balaban J connectivity index is 0. The van der Waals surface area contributed by atoms with E-state index in [9.17, 15) is 27.2 Å². The number of amides is 1. The molecule has 0 aliphatic heterocycles. The van der Waals surface area contributed by atoms with Crippen LogP contribution >= 0.6 is 0 Å². The first-order valence-electron chi connectivity index (χ1n) is 13.6. The molecule has 0 fully saturated rings. The molecule has 0 bridgehead atoms. The highest BCUT2D eigenvalue weighted by molar-refractivity contribution is 5.79. The number of aliphatic hydroxyl groups is 1. The van der Waals surface area contributed by atoms with Crippen molar-refractivity contribution in [1.29, 1.82) is 0 Å². The second-order valence-electron chi connectivity index (χ2n) is 8.72. The number of aryl methyl sites for hydroxylation is 1. The maximum absolute atomic E-state index is 13.2. The molecule has 7 nitrogen and oxygen atoms in total. The molecular weight excluding hydrogens is 554 g/mol. The average Bonchev–Trinajstić information content (AvgIpc) is 2.96. The monoisotopic (exact) mass is 599 g/mol. The summed E-state index contributed by atoms with van der Waals surface area (Å²) in [5, 5.41) is 12.6. The van der Waals surface area contributed by atoms with Crippen molar-refractivity contribution in [2.75, 3.05) is 27.3 Å². The molecule has 1 unspecified atom stereocenters. The number of halogens is 4. The van der Waals surface area contributed by atoms with Gasteiger partial charge in [0, 0.05) is 32.6 Å². The number of unbranched alkanes of at least 4 members (excludes halogenated alkanes) is 2. The van der Waals surface area contributed by atoms with E-state index in [2.05, 4.69) is 22.3 Å². The highest BCUT2D eigenvalue weighted by Crippen LogP contribution is 2.29. The van der Waals surface area contributed by atoms with Crippen LogP contribution in [0.25, 0.3) is 0 Å². The largest absolute Gasteiger partial charge is 0.493 e. The standard InChI is InChI=1S/C18H22FNO3.C11H14F3N.CH5N.CH4O/c1-3-7-16(13-21)20-18(22)8-5-4-6-9-23-17-11-14(2)10-15(19)12-17;1-2-6-15-8-9-4-3-5-10(7-9)11(12,13)14;2*1-2/h1,10-13,16H,4-9H2,2H3,(H,20,22);3-5,7,15H,2,6,8H2,1H3;2H2,1H3;2H,1H3. The number of terminal acetylenes is 1. The second kappa shape index (κ2) is 25.3. The Labute approximate surface area is 247 Å². The van der Waals surface area contributed by atoms with E-state index in [1.165, 1.54) is 31.3 Å². The normalized spacial score (nSPS) is 10.7. The third-order valence-electron chi connectivity index (χ3n) is 5.19. The molecule has 1 atom stereocenters. The van der Waals surface area contributed by atoms with Gasteiger partial charge >= 0.3 is 6.18 Å². The van der Waals surface area contributed by atoms with Gasteiger partial charge in [-0.15, -0.1) is 12.3 Å². The first-order valence-corrected chi connectivity index (χ1v) is 13.6. The zero-order chi connectivity index (χ0) is 32.4. The van der Waals surface area contributed by atoms with Crippen molar-refractivity contribution < 1.29 is 37.0 Å². The number of nitrogens with two attached hydrogens (primary N) is 1. The molecule has 0 aliphatic carbocycles. The van der Waals surface area contributed by atoms with Gasteiger partial charge in [-0.3, -0.25) is 4.79 Å². The zero-order valence-corrected chi connectivity index (χ0v) is 24.9. The van der Waals surface area contributed by atoms with Crippen molar-refractivity contribution in [3.05, 3.63) is 65.0 Å². The minimum atomic E-state index is -4.25. The van der Waals surface area contributed by atoms with Gasteiger partial charge in [-0.2, -0.15) is 13.2 Å². The summed E-state index contributed by atoms with van der Waals surface area (Å²) in [6.07, 6.45) is 5.29. The van der Waals surface area contributed by atoms with Crippen LogP contribution in [0.2, 0.25) is 0 Å². The van der Waals surface area contributed by atoms with Crippen LogP contribution in [-0.4, -0.2) is 50.7 Å². The zero-order valence-electron chi connectivity index (χ0n) is 24.9. The maximum atomic E-state index is 13.2. The van der Waals surface area contributed by atoms with Crippen LogP contribution in [0.1, 0.15) is 62.1 Å². The molecule has 0 spiro atoms. The van der Waals surface area contributed by atoms with E-state index in [0.29, 0.717) is 43.6 Å². The predicted molar refractivity (Wildman–Crippen MR) is 158 cm³/mol. The minimum absolute atomic E-state index is 0.181. The molecule has 2 aromatic carbocycles. The lowest BCUT2D eigenvalue weighted by atomic mass is 10.1. The smallest absolute Gasteiger partial charge is 0.416 e. The number of ether oxygens (including phenoxy) is 1. The number of hydrogen-bond donors (Lipinski definition) is 4. The van der Waals surface area contributed by atoms with E-state index in [0.717, 1.165) is 44.5 Å². The summed E-state index contributed by atoms with van der Waals surface area (Å²) in [7, 11) is 2.50. The molecule has 0 saturated heterocycles. The lowest BCUT2D eigenvalue weighted by Crippen LogP contribution is -2.35. The van der Waals surface area contributed by atoms with Crippen LogP contribution in [0.5, 0.6) is 5.75 Å². The van der Waals surface area contributed by atoms with Gasteiger partial charge in [-0.25, -0.2) is 4.39 Å². The summed E-state index contributed by atoms with van der Waals surface area (Å²) in [4.78, 5) is 22.3. The van der Waals surface area contributed by atoms with Gasteiger partial charge in [0.25, 0.3) is 0 Å². The summed E-state index contributed by atoms with van der Waals surface area (Å²) in [6, 6.07) is 9.37. The van der Waals surface area contributed by atoms with E-state index in [1.54, 1.807) is 19.1 Å². The number of benzene rings is 2. The summed E-state index contributed by atoms with van der Waals surface area (Å²) in [5.74, 6) is 2.37. The Hall–Kier alpha value is -3.46. The number of rotatable bonds is 14.